The Labute approximate surface area is 164 Å². The van der Waals surface area contributed by atoms with E-state index in [1.54, 1.807) is 0 Å². The van der Waals surface area contributed by atoms with Gasteiger partial charge < -0.3 is 4.74 Å². The minimum atomic E-state index is -3.63. The molecule has 0 heterocycles. The molecule has 0 aromatic heterocycles. The van der Waals surface area contributed by atoms with Crippen molar-refractivity contribution in [2.24, 2.45) is 5.92 Å². The van der Waals surface area contributed by atoms with Crippen LogP contribution in [-0.4, -0.2) is 21.1 Å². The van der Waals surface area contributed by atoms with Gasteiger partial charge in [0.1, 0.15) is 12.4 Å². The summed E-state index contributed by atoms with van der Waals surface area (Å²) in [5.41, 5.74) is 4.83. The highest BCUT2D eigenvalue weighted by molar-refractivity contribution is 7.89. The maximum absolute atomic E-state index is 13.1. The summed E-state index contributed by atoms with van der Waals surface area (Å²) in [5, 5.41) is 0. The van der Waals surface area contributed by atoms with Gasteiger partial charge in [0.25, 0.3) is 0 Å². The van der Waals surface area contributed by atoms with E-state index < -0.39 is 10.0 Å². The molecule has 0 aliphatic carbocycles. The van der Waals surface area contributed by atoms with Gasteiger partial charge in [0, 0.05) is 0 Å². The first-order chi connectivity index (χ1) is 12.5. The van der Waals surface area contributed by atoms with Crippen LogP contribution in [0.5, 0.6) is 5.75 Å². The summed E-state index contributed by atoms with van der Waals surface area (Å²) in [6.07, 6.45) is 0. The number of rotatable bonds is 7. The Morgan fingerprint density at radius 2 is 1.33 bits per heavy atom. The number of sulfonamides is 1. The highest BCUT2D eigenvalue weighted by atomic mass is 32.2. The zero-order valence-corrected chi connectivity index (χ0v) is 18.2. The topological polar surface area (TPSA) is 55.4 Å². The highest BCUT2D eigenvalue weighted by Gasteiger charge is 2.26. The average molecular weight is 390 g/mol. The van der Waals surface area contributed by atoms with Gasteiger partial charge in [-0.1, -0.05) is 37.6 Å². The second kappa shape index (κ2) is 8.44. The smallest absolute Gasteiger partial charge is 0.241 e. The standard InChI is InChI=1S/C22H31NO3S/c1-14(2)21(13-26-20-11-15(3)8-16(4)12-20)23-27(24,25)22-18(6)9-17(5)10-19(22)7/h8-12,14,21,23H,13H2,1-7H3. The summed E-state index contributed by atoms with van der Waals surface area (Å²) in [7, 11) is -3.63. The van der Waals surface area contributed by atoms with Gasteiger partial charge in [0.05, 0.1) is 10.9 Å². The van der Waals surface area contributed by atoms with Crippen molar-refractivity contribution < 1.29 is 13.2 Å². The van der Waals surface area contributed by atoms with Crippen LogP contribution in [0.15, 0.2) is 35.2 Å². The quantitative estimate of drug-likeness (QED) is 0.752. The molecule has 0 saturated carbocycles. The van der Waals surface area contributed by atoms with Crippen LogP contribution in [0.1, 0.15) is 41.7 Å². The van der Waals surface area contributed by atoms with Gasteiger partial charge in [0.2, 0.25) is 10.0 Å². The lowest BCUT2D eigenvalue weighted by atomic mass is 10.1. The molecular formula is C22H31NO3S. The van der Waals surface area contributed by atoms with Crippen LogP contribution in [0.2, 0.25) is 0 Å². The van der Waals surface area contributed by atoms with Crippen molar-refractivity contribution in [1.29, 1.82) is 0 Å². The third-order valence-corrected chi connectivity index (χ3v) is 6.40. The lowest BCUT2D eigenvalue weighted by Crippen LogP contribution is -2.43. The Kier molecular flexibility index (Phi) is 6.71. The number of hydrogen-bond donors (Lipinski definition) is 1. The van der Waals surface area contributed by atoms with E-state index >= 15 is 0 Å². The third-order valence-electron chi connectivity index (χ3n) is 4.61. The van der Waals surface area contributed by atoms with Crippen LogP contribution >= 0.6 is 0 Å². The molecule has 0 spiro atoms. The van der Waals surface area contributed by atoms with Crippen LogP contribution in [0.25, 0.3) is 0 Å². The van der Waals surface area contributed by atoms with E-state index in [-0.39, 0.29) is 18.6 Å². The molecule has 0 radical (unpaired) electrons. The lowest BCUT2D eigenvalue weighted by molar-refractivity contribution is 0.247. The Morgan fingerprint density at radius 1 is 0.852 bits per heavy atom. The van der Waals surface area contributed by atoms with Crippen molar-refractivity contribution in [1.82, 2.24) is 4.72 Å². The molecule has 1 N–H and O–H groups in total. The molecule has 0 amide bonds. The van der Waals surface area contributed by atoms with Gasteiger partial charge in [-0.05, 0) is 74.9 Å². The zero-order valence-electron chi connectivity index (χ0n) is 17.4. The van der Waals surface area contributed by atoms with E-state index in [0.29, 0.717) is 4.90 Å². The normalized spacial score (nSPS) is 13.0. The van der Waals surface area contributed by atoms with Crippen LogP contribution < -0.4 is 9.46 Å². The molecule has 4 nitrogen and oxygen atoms in total. The largest absolute Gasteiger partial charge is 0.492 e. The molecule has 0 aliphatic heterocycles. The maximum atomic E-state index is 13.1. The van der Waals surface area contributed by atoms with Crippen molar-refractivity contribution in [3.05, 3.63) is 58.1 Å². The number of hydrogen-bond acceptors (Lipinski definition) is 3. The summed E-state index contributed by atoms with van der Waals surface area (Å²) < 4.78 is 34.9. The molecule has 0 saturated heterocycles. The second-order valence-corrected chi connectivity index (χ2v) is 9.48. The predicted molar refractivity (Wildman–Crippen MR) is 111 cm³/mol. The highest BCUT2D eigenvalue weighted by Crippen LogP contribution is 2.23. The monoisotopic (exact) mass is 389 g/mol. The second-order valence-electron chi connectivity index (χ2n) is 7.83. The molecule has 1 atom stereocenters. The minimum absolute atomic E-state index is 0.0942. The van der Waals surface area contributed by atoms with Crippen molar-refractivity contribution in [3.8, 4) is 5.75 Å². The molecule has 2 rings (SSSR count). The van der Waals surface area contributed by atoms with Crippen molar-refractivity contribution in [2.45, 2.75) is 59.4 Å². The molecule has 148 valence electrons. The van der Waals surface area contributed by atoms with Gasteiger partial charge in [-0.3, -0.25) is 0 Å². The number of ether oxygens (including phenoxy) is 1. The van der Waals surface area contributed by atoms with Crippen LogP contribution in [0.4, 0.5) is 0 Å². The fourth-order valence-corrected chi connectivity index (χ4v) is 5.24. The van der Waals surface area contributed by atoms with Crippen molar-refractivity contribution in [3.63, 3.8) is 0 Å². The summed E-state index contributed by atoms with van der Waals surface area (Å²) in [5.74, 6) is 0.858. The van der Waals surface area contributed by atoms with Gasteiger partial charge in [-0.15, -0.1) is 0 Å². The fourth-order valence-electron chi connectivity index (χ4n) is 3.41. The molecular weight excluding hydrogens is 358 g/mol. The first-order valence-electron chi connectivity index (χ1n) is 9.31. The number of benzene rings is 2. The number of nitrogens with one attached hydrogen (secondary N) is 1. The molecule has 2 aromatic carbocycles. The van der Waals surface area contributed by atoms with Crippen LogP contribution in [0.3, 0.4) is 0 Å². The molecule has 0 bridgehead atoms. The Balaban J connectivity index is 2.22. The first kappa shape index (κ1) is 21.5. The van der Waals surface area contributed by atoms with Gasteiger partial charge in [-0.25, -0.2) is 13.1 Å². The molecule has 2 aromatic rings. The third kappa shape index (κ3) is 5.56. The zero-order chi connectivity index (χ0) is 20.4. The molecule has 0 aliphatic rings. The fraction of sp³-hybridized carbons (Fsp3) is 0.455. The van der Waals surface area contributed by atoms with E-state index in [0.717, 1.165) is 33.6 Å². The Morgan fingerprint density at radius 3 is 1.81 bits per heavy atom. The van der Waals surface area contributed by atoms with Gasteiger partial charge in [0.15, 0.2) is 0 Å². The van der Waals surface area contributed by atoms with E-state index in [4.69, 9.17) is 4.74 Å². The molecule has 0 fully saturated rings. The summed E-state index contributed by atoms with van der Waals surface area (Å²) >= 11 is 0. The van der Waals surface area contributed by atoms with E-state index in [1.807, 2.05) is 72.7 Å². The van der Waals surface area contributed by atoms with E-state index in [9.17, 15) is 8.42 Å². The van der Waals surface area contributed by atoms with Crippen molar-refractivity contribution in [2.75, 3.05) is 6.61 Å². The van der Waals surface area contributed by atoms with Crippen LogP contribution in [-0.2, 0) is 10.0 Å². The lowest BCUT2D eigenvalue weighted by Gasteiger charge is -2.24. The summed E-state index contributed by atoms with van der Waals surface area (Å²) in [6.45, 7) is 14.0. The molecule has 5 heteroatoms. The van der Waals surface area contributed by atoms with E-state index in [1.165, 1.54) is 0 Å². The Hall–Kier alpha value is -1.85. The van der Waals surface area contributed by atoms with Crippen LogP contribution in [0, 0.1) is 40.5 Å². The van der Waals surface area contributed by atoms with E-state index in [2.05, 4.69) is 10.8 Å². The minimum Gasteiger partial charge on any atom is -0.492 e. The Bertz CT molecular complexity index is 874. The SMILES string of the molecule is Cc1cc(C)cc(OCC(NS(=O)(=O)c2c(C)cc(C)cc2C)C(C)C)c1. The molecule has 27 heavy (non-hydrogen) atoms. The summed E-state index contributed by atoms with van der Waals surface area (Å²) in [6, 6.07) is 9.49. The average Bonchev–Trinajstić information content (AvgIpc) is 2.48. The maximum Gasteiger partial charge on any atom is 0.241 e. The molecule has 1 unspecified atom stereocenters. The van der Waals surface area contributed by atoms with Gasteiger partial charge in [-0.2, -0.15) is 0 Å². The van der Waals surface area contributed by atoms with Crippen molar-refractivity contribution >= 4 is 10.0 Å². The predicted octanol–water partition coefficient (Wildman–Crippen LogP) is 4.61. The van der Waals surface area contributed by atoms with Gasteiger partial charge >= 0.3 is 0 Å². The first-order valence-corrected chi connectivity index (χ1v) is 10.8. The number of aryl methyl sites for hydroxylation is 5. The summed E-state index contributed by atoms with van der Waals surface area (Å²) in [4.78, 5) is 0.366.